The predicted octanol–water partition coefficient (Wildman–Crippen LogP) is 5.00. The zero-order valence-electron chi connectivity index (χ0n) is 15.3. The van der Waals surface area contributed by atoms with Gasteiger partial charge in [0.15, 0.2) is 0 Å². The van der Waals surface area contributed by atoms with Gasteiger partial charge >= 0.3 is 5.97 Å². The van der Waals surface area contributed by atoms with E-state index in [2.05, 4.69) is 5.32 Å². The number of carbonyl (C=O) groups is 2. The molecule has 1 aromatic heterocycles. The molecule has 1 amide bonds. The first kappa shape index (κ1) is 18.9. The number of esters is 1. The molecule has 0 bridgehead atoms. The zero-order chi connectivity index (χ0) is 19.2. The fourth-order valence-corrected chi connectivity index (χ4v) is 3.95. The van der Waals surface area contributed by atoms with Crippen molar-refractivity contribution in [2.45, 2.75) is 19.3 Å². The van der Waals surface area contributed by atoms with E-state index in [-0.39, 0.29) is 18.2 Å². The minimum Gasteiger partial charge on any atom is -0.465 e. The number of amides is 1. The molecule has 0 aliphatic heterocycles. The molecule has 0 saturated heterocycles. The number of methoxy groups -OCH3 is 1. The van der Waals surface area contributed by atoms with E-state index in [1.165, 1.54) is 18.4 Å². The minimum absolute atomic E-state index is 0.0602. The van der Waals surface area contributed by atoms with Crippen molar-refractivity contribution < 1.29 is 14.3 Å². The second-order valence-electron chi connectivity index (χ2n) is 6.22. The third kappa shape index (κ3) is 4.63. The molecule has 3 aromatic rings. The topological polar surface area (TPSA) is 55.4 Å². The Bertz CT molecular complexity index is 880. The molecule has 1 N–H and O–H groups in total. The molecule has 0 fully saturated rings. The first-order valence-electron chi connectivity index (χ1n) is 8.67. The summed E-state index contributed by atoms with van der Waals surface area (Å²) in [5.41, 5.74) is 2.55. The van der Waals surface area contributed by atoms with Crippen LogP contribution >= 0.6 is 11.3 Å². The van der Waals surface area contributed by atoms with Crippen molar-refractivity contribution in [2.75, 3.05) is 12.4 Å². The third-order valence-corrected chi connectivity index (χ3v) is 5.27. The molecule has 0 atom stereocenters. The lowest BCUT2D eigenvalue weighted by Gasteiger charge is -2.18. The molecule has 0 spiro atoms. The van der Waals surface area contributed by atoms with Gasteiger partial charge in [0.1, 0.15) is 5.00 Å². The van der Waals surface area contributed by atoms with E-state index in [4.69, 9.17) is 4.74 Å². The molecule has 2 aromatic carbocycles. The number of carbonyl (C=O) groups excluding carboxylic acids is 2. The van der Waals surface area contributed by atoms with Gasteiger partial charge in [-0.15, -0.1) is 11.3 Å². The highest BCUT2D eigenvalue weighted by Crippen LogP contribution is 2.31. The first-order valence-corrected chi connectivity index (χ1v) is 9.48. The van der Waals surface area contributed by atoms with Crippen LogP contribution in [0.1, 0.15) is 38.7 Å². The van der Waals surface area contributed by atoms with E-state index in [0.717, 1.165) is 16.0 Å². The van der Waals surface area contributed by atoms with Crippen molar-refractivity contribution in [1.29, 1.82) is 0 Å². The summed E-state index contributed by atoms with van der Waals surface area (Å²) in [6, 6.07) is 21.7. The summed E-state index contributed by atoms with van der Waals surface area (Å²) in [6.07, 6.45) is 0.283. The number of nitrogens with one attached hydrogen (secondary N) is 1. The number of aryl methyl sites for hydroxylation is 1. The van der Waals surface area contributed by atoms with E-state index in [9.17, 15) is 9.59 Å². The highest BCUT2D eigenvalue weighted by molar-refractivity contribution is 7.16. The van der Waals surface area contributed by atoms with Crippen LogP contribution in [-0.4, -0.2) is 19.0 Å². The molecule has 27 heavy (non-hydrogen) atoms. The molecular formula is C22H21NO3S. The number of thiophene rings is 1. The van der Waals surface area contributed by atoms with Crippen LogP contribution in [0.25, 0.3) is 0 Å². The zero-order valence-corrected chi connectivity index (χ0v) is 16.1. The Labute approximate surface area is 162 Å². The first-order chi connectivity index (χ1) is 13.1. The molecule has 3 rings (SSSR count). The lowest BCUT2D eigenvalue weighted by atomic mass is 9.88. The van der Waals surface area contributed by atoms with Crippen molar-refractivity contribution in [3.05, 3.63) is 88.3 Å². The molecule has 0 saturated carbocycles. The molecule has 0 unspecified atom stereocenters. The Morgan fingerprint density at radius 1 is 1.00 bits per heavy atom. The van der Waals surface area contributed by atoms with Gasteiger partial charge in [0.05, 0.1) is 12.7 Å². The Kier molecular flexibility index (Phi) is 6.04. The summed E-state index contributed by atoms with van der Waals surface area (Å²) in [6.45, 7) is 1.89. The van der Waals surface area contributed by atoms with Gasteiger partial charge in [-0.3, -0.25) is 4.79 Å². The Morgan fingerprint density at radius 2 is 1.56 bits per heavy atom. The van der Waals surface area contributed by atoms with Gasteiger partial charge in [0, 0.05) is 17.2 Å². The lowest BCUT2D eigenvalue weighted by molar-refractivity contribution is -0.116. The van der Waals surface area contributed by atoms with Crippen LogP contribution in [0.2, 0.25) is 0 Å². The highest BCUT2D eigenvalue weighted by atomic mass is 32.1. The van der Waals surface area contributed by atoms with E-state index in [0.29, 0.717) is 10.6 Å². The van der Waals surface area contributed by atoms with Crippen molar-refractivity contribution in [1.82, 2.24) is 0 Å². The molecular weight excluding hydrogens is 358 g/mol. The van der Waals surface area contributed by atoms with Gasteiger partial charge in [-0.2, -0.15) is 0 Å². The van der Waals surface area contributed by atoms with E-state index >= 15 is 0 Å². The predicted molar refractivity (Wildman–Crippen MR) is 108 cm³/mol. The van der Waals surface area contributed by atoms with Gasteiger partial charge in [-0.05, 0) is 24.1 Å². The maximum Gasteiger partial charge on any atom is 0.340 e. The highest BCUT2D eigenvalue weighted by Gasteiger charge is 2.21. The van der Waals surface area contributed by atoms with Gasteiger partial charge in [-0.1, -0.05) is 60.7 Å². The van der Waals surface area contributed by atoms with Crippen molar-refractivity contribution in [3.63, 3.8) is 0 Å². The van der Waals surface area contributed by atoms with E-state index < -0.39 is 5.97 Å². The van der Waals surface area contributed by atoms with Gasteiger partial charge in [0.2, 0.25) is 5.91 Å². The second-order valence-corrected chi connectivity index (χ2v) is 7.47. The van der Waals surface area contributed by atoms with Gasteiger partial charge in [0.25, 0.3) is 0 Å². The Hall–Kier alpha value is -2.92. The summed E-state index contributed by atoms with van der Waals surface area (Å²) in [5.74, 6) is -0.646. The normalized spacial score (nSPS) is 10.6. The van der Waals surface area contributed by atoms with Crippen LogP contribution < -0.4 is 5.32 Å². The molecule has 5 heteroatoms. The largest absolute Gasteiger partial charge is 0.465 e. The average molecular weight is 379 g/mol. The lowest BCUT2D eigenvalue weighted by Crippen LogP contribution is -2.17. The van der Waals surface area contributed by atoms with Crippen LogP contribution in [0.5, 0.6) is 0 Å². The molecule has 0 aliphatic rings. The fourth-order valence-electron chi connectivity index (χ4n) is 3.03. The monoisotopic (exact) mass is 379 g/mol. The van der Waals surface area contributed by atoms with Crippen LogP contribution in [0.3, 0.4) is 0 Å². The smallest absolute Gasteiger partial charge is 0.340 e. The molecule has 0 aliphatic carbocycles. The standard InChI is InChI=1S/C22H21NO3S/c1-15-13-19(22(25)26-2)21(27-15)23-20(24)14-18(16-9-5-3-6-10-16)17-11-7-4-8-12-17/h3-13,18H,14H2,1-2H3,(H,23,24). The number of benzene rings is 2. The summed E-state index contributed by atoms with van der Waals surface area (Å²) in [5, 5.41) is 3.43. The maximum atomic E-state index is 12.8. The average Bonchev–Trinajstić information content (AvgIpc) is 3.06. The van der Waals surface area contributed by atoms with Crippen LogP contribution in [-0.2, 0) is 9.53 Å². The SMILES string of the molecule is COC(=O)c1cc(C)sc1NC(=O)CC(c1ccccc1)c1ccccc1. The maximum absolute atomic E-state index is 12.8. The Morgan fingerprint density at radius 3 is 2.07 bits per heavy atom. The summed E-state index contributed by atoms with van der Waals surface area (Å²) < 4.78 is 4.81. The quantitative estimate of drug-likeness (QED) is 0.613. The molecule has 4 nitrogen and oxygen atoms in total. The molecule has 0 radical (unpaired) electrons. The number of hydrogen-bond donors (Lipinski definition) is 1. The van der Waals surface area contributed by atoms with E-state index in [1.807, 2.05) is 67.6 Å². The van der Waals surface area contributed by atoms with Crippen molar-refractivity contribution in [2.24, 2.45) is 0 Å². The Balaban J connectivity index is 1.83. The second kappa shape index (κ2) is 8.64. The van der Waals surface area contributed by atoms with Crippen LogP contribution in [0.4, 0.5) is 5.00 Å². The number of rotatable bonds is 6. The van der Waals surface area contributed by atoms with Crippen LogP contribution in [0, 0.1) is 6.92 Å². The number of ether oxygens (including phenoxy) is 1. The summed E-state index contributed by atoms with van der Waals surface area (Å²) >= 11 is 1.37. The molecule has 138 valence electrons. The molecule has 1 heterocycles. The summed E-state index contributed by atoms with van der Waals surface area (Å²) in [4.78, 5) is 25.7. The van der Waals surface area contributed by atoms with Crippen molar-refractivity contribution in [3.8, 4) is 0 Å². The van der Waals surface area contributed by atoms with Gasteiger partial charge < -0.3 is 10.1 Å². The fraction of sp³-hybridized carbons (Fsp3) is 0.182. The summed E-state index contributed by atoms with van der Waals surface area (Å²) in [7, 11) is 1.34. The van der Waals surface area contributed by atoms with Gasteiger partial charge in [-0.25, -0.2) is 4.79 Å². The van der Waals surface area contributed by atoms with E-state index in [1.54, 1.807) is 6.07 Å². The van der Waals surface area contributed by atoms with Crippen LogP contribution in [0.15, 0.2) is 66.7 Å². The third-order valence-electron chi connectivity index (χ3n) is 4.31. The number of hydrogen-bond acceptors (Lipinski definition) is 4. The van der Waals surface area contributed by atoms with Crippen molar-refractivity contribution >= 4 is 28.2 Å². The minimum atomic E-state index is -0.447. The number of anilines is 1.